The van der Waals surface area contributed by atoms with E-state index in [4.69, 9.17) is 26.8 Å². The van der Waals surface area contributed by atoms with Gasteiger partial charge in [0.15, 0.2) is 0 Å². The average molecular weight is 237 g/mol. The Morgan fingerprint density at radius 3 is 2.36 bits per heavy atom. The molecule has 0 aromatic heterocycles. The third-order valence-corrected chi connectivity index (χ3v) is 3.80. The summed E-state index contributed by atoms with van der Waals surface area (Å²) in [6.45, 7) is 8.65. The van der Waals surface area contributed by atoms with E-state index >= 15 is 0 Å². The van der Waals surface area contributed by atoms with E-state index in [1.54, 1.807) is 0 Å². The molecule has 84 valence electrons. The first-order valence-corrected chi connectivity index (χ1v) is 8.53. The molecule has 0 spiro atoms. The quantitative estimate of drug-likeness (QED) is 0.754. The second-order valence-corrected chi connectivity index (χ2v) is 9.76. The molecular weight excluding hydrogens is 217 g/mol. The first-order valence-electron chi connectivity index (χ1n) is 4.92. The maximum absolute atomic E-state index is 6.02. The maximum atomic E-state index is 6.02. The largest absolute Gasteiger partial charge is 0.371 e. The lowest BCUT2D eigenvalue weighted by atomic mass is 9.98. The summed E-state index contributed by atoms with van der Waals surface area (Å²) in [5, 5.41) is 0. The molecule has 0 aliphatic carbocycles. The van der Waals surface area contributed by atoms with Gasteiger partial charge in [0.1, 0.15) is 0 Å². The fourth-order valence-electron chi connectivity index (χ4n) is 1.55. The standard InChI is InChI=1S/C9H20NO2PS/c1-6-7(2)12-8(9(6)10)5-11-13(3,4)14/h6-9H,5,10H2,1-4H3/t6?,7-,8+,9+/m0/s1. The molecule has 4 atom stereocenters. The third kappa shape index (κ3) is 3.28. The summed E-state index contributed by atoms with van der Waals surface area (Å²) in [4.78, 5) is 0. The summed E-state index contributed by atoms with van der Waals surface area (Å²) in [7, 11) is 0. The molecule has 1 heterocycles. The third-order valence-electron chi connectivity index (χ3n) is 2.72. The summed E-state index contributed by atoms with van der Waals surface area (Å²) in [5.74, 6) is 0.398. The zero-order chi connectivity index (χ0) is 10.9. The van der Waals surface area contributed by atoms with E-state index in [0.717, 1.165) is 0 Å². The summed E-state index contributed by atoms with van der Waals surface area (Å²) < 4.78 is 11.3. The van der Waals surface area contributed by atoms with Crippen molar-refractivity contribution in [3.63, 3.8) is 0 Å². The van der Waals surface area contributed by atoms with Crippen LogP contribution >= 0.6 is 6.26 Å². The second kappa shape index (κ2) is 4.58. The fraction of sp³-hybridized carbons (Fsp3) is 1.00. The molecule has 1 saturated heterocycles. The summed E-state index contributed by atoms with van der Waals surface area (Å²) >= 11 is 5.21. The monoisotopic (exact) mass is 237 g/mol. The van der Waals surface area contributed by atoms with Crippen LogP contribution in [-0.2, 0) is 21.1 Å². The van der Waals surface area contributed by atoms with Crippen molar-refractivity contribution in [1.29, 1.82) is 0 Å². The minimum atomic E-state index is -1.59. The first-order chi connectivity index (χ1) is 6.31. The molecule has 0 aromatic rings. The highest BCUT2D eigenvalue weighted by Crippen LogP contribution is 2.39. The Bertz CT molecular complexity index is 243. The molecule has 1 unspecified atom stereocenters. The smallest absolute Gasteiger partial charge is 0.0969 e. The minimum absolute atomic E-state index is 0.0159. The van der Waals surface area contributed by atoms with Crippen LogP contribution in [0, 0.1) is 5.92 Å². The van der Waals surface area contributed by atoms with Crippen LogP contribution in [0.4, 0.5) is 0 Å². The van der Waals surface area contributed by atoms with Crippen LogP contribution in [0.15, 0.2) is 0 Å². The summed E-state index contributed by atoms with van der Waals surface area (Å²) in [6.07, 6.45) is -1.34. The van der Waals surface area contributed by atoms with Gasteiger partial charge in [0, 0.05) is 6.04 Å². The Balaban J connectivity index is 2.44. The second-order valence-electron chi connectivity index (χ2n) is 4.36. The van der Waals surface area contributed by atoms with Crippen LogP contribution in [-0.4, -0.2) is 38.2 Å². The predicted octanol–water partition coefficient (Wildman–Crippen LogP) is 1.41. The van der Waals surface area contributed by atoms with E-state index in [1.165, 1.54) is 0 Å². The maximum Gasteiger partial charge on any atom is 0.0969 e. The number of ether oxygens (including phenoxy) is 1. The van der Waals surface area contributed by atoms with Crippen molar-refractivity contribution < 1.29 is 9.26 Å². The molecule has 5 heteroatoms. The zero-order valence-corrected chi connectivity index (χ0v) is 11.0. The average Bonchev–Trinajstić information content (AvgIpc) is 2.28. The van der Waals surface area contributed by atoms with Crippen molar-refractivity contribution in [2.24, 2.45) is 11.7 Å². The molecule has 3 nitrogen and oxygen atoms in total. The van der Waals surface area contributed by atoms with E-state index in [2.05, 4.69) is 13.8 Å². The lowest BCUT2D eigenvalue weighted by Crippen LogP contribution is -2.37. The van der Waals surface area contributed by atoms with Gasteiger partial charge >= 0.3 is 0 Å². The molecule has 0 radical (unpaired) electrons. The predicted molar refractivity (Wildman–Crippen MR) is 63.6 cm³/mol. The van der Waals surface area contributed by atoms with Gasteiger partial charge in [-0.2, -0.15) is 0 Å². The normalized spacial score (nSPS) is 38.9. The van der Waals surface area contributed by atoms with Crippen molar-refractivity contribution in [3.05, 3.63) is 0 Å². The van der Waals surface area contributed by atoms with Gasteiger partial charge in [0.05, 0.1) is 25.1 Å². The van der Waals surface area contributed by atoms with Crippen LogP contribution in [0.5, 0.6) is 0 Å². The lowest BCUT2D eigenvalue weighted by molar-refractivity contribution is 0.0207. The number of nitrogens with two attached hydrogens (primary N) is 1. The zero-order valence-electron chi connectivity index (χ0n) is 9.27. The van der Waals surface area contributed by atoms with Gasteiger partial charge in [-0.1, -0.05) is 18.7 Å². The van der Waals surface area contributed by atoms with Crippen molar-refractivity contribution in [3.8, 4) is 0 Å². The molecular formula is C9H20NO2PS. The molecule has 0 saturated carbocycles. The minimum Gasteiger partial charge on any atom is -0.371 e. The summed E-state index contributed by atoms with van der Waals surface area (Å²) in [6, 6.07) is 0.0755. The summed E-state index contributed by atoms with van der Waals surface area (Å²) in [5.41, 5.74) is 6.02. The first kappa shape index (κ1) is 12.6. The Labute approximate surface area is 91.4 Å². The van der Waals surface area contributed by atoms with E-state index in [0.29, 0.717) is 12.5 Å². The van der Waals surface area contributed by atoms with E-state index in [1.807, 2.05) is 13.3 Å². The molecule has 0 aromatic carbocycles. The highest BCUT2D eigenvalue weighted by molar-refractivity contribution is 8.11. The highest BCUT2D eigenvalue weighted by atomic mass is 32.4. The van der Waals surface area contributed by atoms with Crippen LogP contribution in [0.25, 0.3) is 0 Å². The number of hydrogen-bond donors (Lipinski definition) is 1. The molecule has 0 bridgehead atoms. The molecule has 2 N–H and O–H groups in total. The van der Waals surface area contributed by atoms with Gasteiger partial charge in [-0.05, 0) is 26.2 Å². The van der Waals surface area contributed by atoms with E-state index in [9.17, 15) is 0 Å². The van der Waals surface area contributed by atoms with Gasteiger partial charge in [0.25, 0.3) is 0 Å². The van der Waals surface area contributed by atoms with Crippen LogP contribution < -0.4 is 5.73 Å². The van der Waals surface area contributed by atoms with Crippen molar-refractivity contribution in [2.75, 3.05) is 19.9 Å². The Morgan fingerprint density at radius 1 is 1.43 bits per heavy atom. The van der Waals surface area contributed by atoms with Crippen LogP contribution in [0.3, 0.4) is 0 Å². The lowest BCUT2D eigenvalue weighted by Gasteiger charge is -2.19. The SMILES string of the molecule is CC1[C@H](C)O[C@H](COP(C)(C)=S)[C@@H]1N. The van der Waals surface area contributed by atoms with E-state index in [-0.39, 0.29) is 18.2 Å². The molecule has 0 amide bonds. The van der Waals surface area contributed by atoms with Gasteiger partial charge in [0.2, 0.25) is 0 Å². The number of rotatable bonds is 3. The Kier molecular flexibility index (Phi) is 4.12. The van der Waals surface area contributed by atoms with Crippen molar-refractivity contribution in [2.45, 2.75) is 32.1 Å². The number of hydrogen-bond acceptors (Lipinski definition) is 4. The molecule has 1 aliphatic rings. The van der Waals surface area contributed by atoms with Gasteiger partial charge < -0.3 is 15.0 Å². The van der Waals surface area contributed by atoms with Crippen LogP contribution in [0.2, 0.25) is 0 Å². The topological polar surface area (TPSA) is 44.5 Å². The Hall–Kier alpha value is 0.530. The molecule has 1 rings (SSSR count). The van der Waals surface area contributed by atoms with E-state index < -0.39 is 6.26 Å². The molecule has 1 fully saturated rings. The highest BCUT2D eigenvalue weighted by Gasteiger charge is 2.37. The van der Waals surface area contributed by atoms with Gasteiger partial charge in [-0.15, -0.1) is 0 Å². The van der Waals surface area contributed by atoms with Crippen molar-refractivity contribution in [1.82, 2.24) is 0 Å². The van der Waals surface area contributed by atoms with Crippen molar-refractivity contribution >= 4 is 18.1 Å². The van der Waals surface area contributed by atoms with Gasteiger partial charge in [-0.3, -0.25) is 0 Å². The molecule has 1 aliphatic heterocycles. The molecule has 14 heavy (non-hydrogen) atoms. The Morgan fingerprint density at radius 2 is 2.00 bits per heavy atom. The van der Waals surface area contributed by atoms with Gasteiger partial charge in [-0.25, -0.2) is 0 Å². The van der Waals surface area contributed by atoms with Crippen LogP contribution in [0.1, 0.15) is 13.8 Å². The fourth-order valence-corrected chi connectivity index (χ4v) is 2.23.